The normalized spacial score (nSPS) is 8.73. The third kappa shape index (κ3) is 1.68. The monoisotopic (exact) mass is 143 g/mol. The van der Waals surface area contributed by atoms with E-state index in [2.05, 4.69) is 5.92 Å². The van der Waals surface area contributed by atoms with Crippen LogP contribution in [0.3, 0.4) is 0 Å². The highest BCUT2D eigenvalue weighted by atomic mass is 16.1. The van der Waals surface area contributed by atoms with E-state index in [1.54, 1.807) is 24.3 Å². The molecule has 0 N–H and O–H groups in total. The number of hydrogen-bond donors (Lipinski definition) is 0. The molecule has 1 radical (unpaired) electrons. The van der Waals surface area contributed by atoms with Gasteiger partial charge in [0.15, 0.2) is 5.78 Å². The molecule has 1 heteroatoms. The maximum absolute atomic E-state index is 10.8. The molecule has 1 aromatic rings. The summed E-state index contributed by atoms with van der Waals surface area (Å²) in [6.45, 7) is 1.50. The summed E-state index contributed by atoms with van der Waals surface area (Å²) in [7, 11) is 0. The van der Waals surface area contributed by atoms with Crippen LogP contribution >= 0.6 is 0 Å². The minimum absolute atomic E-state index is 0.0158. The summed E-state index contributed by atoms with van der Waals surface area (Å²) in [5, 5.41) is 0. The Morgan fingerprint density at radius 3 is 2.82 bits per heavy atom. The third-order valence-corrected chi connectivity index (χ3v) is 1.41. The fraction of sp³-hybridized carbons (Fsp3) is 0.100. The molecule has 0 heterocycles. The van der Waals surface area contributed by atoms with Gasteiger partial charge in [-0.3, -0.25) is 4.79 Å². The van der Waals surface area contributed by atoms with Gasteiger partial charge in [0.05, 0.1) is 0 Å². The fourth-order valence-corrected chi connectivity index (χ4v) is 0.816. The van der Waals surface area contributed by atoms with Crippen LogP contribution in [-0.2, 0) is 0 Å². The number of Topliss-reactive ketones (excluding diaryl/α,β-unsaturated/α-hetero) is 1. The lowest BCUT2D eigenvalue weighted by molar-refractivity contribution is 0.101. The summed E-state index contributed by atoms with van der Waals surface area (Å²) in [6, 6.07) is 6.85. The summed E-state index contributed by atoms with van der Waals surface area (Å²) < 4.78 is 0. The van der Waals surface area contributed by atoms with Crippen LogP contribution in [0, 0.1) is 12.3 Å². The average molecular weight is 143 g/mol. The van der Waals surface area contributed by atoms with E-state index in [-0.39, 0.29) is 5.78 Å². The second kappa shape index (κ2) is 3.03. The van der Waals surface area contributed by atoms with E-state index in [1.807, 2.05) is 0 Å². The molecule has 0 spiro atoms. The van der Waals surface area contributed by atoms with Gasteiger partial charge in [-0.25, -0.2) is 0 Å². The van der Waals surface area contributed by atoms with Crippen LogP contribution in [0.4, 0.5) is 0 Å². The quantitative estimate of drug-likeness (QED) is 0.433. The van der Waals surface area contributed by atoms with Gasteiger partial charge in [-0.05, 0) is 25.5 Å². The standard InChI is InChI=1S/C10H7O/c1-3-9-5-4-6-10(7-9)8(2)11/h4-7H,2H3. The number of carbonyl (C=O) groups is 1. The van der Waals surface area contributed by atoms with Gasteiger partial charge in [-0.1, -0.05) is 18.1 Å². The lowest BCUT2D eigenvalue weighted by Gasteiger charge is -1.94. The highest BCUT2D eigenvalue weighted by Gasteiger charge is 1.97. The van der Waals surface area contributed by atoms with Crippen LogP contribution in [0.15, 0.2) is 24.3 Å². The van der Waals surface area contributed by atoms with E-state index in [0.717, 1.165) is 0 Å². The Balaban J connectivity index is 3.13. The average Bonchev–Trinajstić information content (AvgIpc) is 2.05. The highest BCUT2D eigenvalue weighted by molar-refractivity contribution is 5.94. The lowest BCUT2D eigenvalue weighted by Crippen LogP contribution is -1.91. The second-order valence-corrected chi connectivity index (χ2v) is 2.26. The van der Waals surface area contributed by atoms with Crippen LogP contribution in [0.2, 0.25) is 0 Å². The van der Waals surface area contributed by atoms with Crippen LogP contribution in [0.1, 0.15) is 22.8 Å². The van der Waals surface area contributed by atoms with E-state index >= 15 is 0 Å². The first-order valence-corrected chi connectivity index (χ1v) is 3.28. The molecule has 0 aromatic heterocycles. The van der Waals surface area contributed by atoms with Crippen molar-refractivity contribution in [3.63, 3.8) is 0 Å². The van der Waals surface area contributed by atoms with Crippen LogP contribution in [-0.4, -0.2) is 5.78 Å². The summed E-state index contributed by atoms with van der Waals surface area (Å²) in [4.78, 5) is 10.8. The predicted molar refractivity (Wildman–Crippen MR) is 42.7 cm³/mol. The van der Waals surface area contributed by atoms with E-state index in [1.165, 1.54) is 6.92 Å². The van der Waals surface area contributed by atoms with Crippen molar-refractivity contribution in [2.45, 2.75) is 6.92 Å². The van der Waals surface area contributed by atoms with Gasteiger partial charge < -0.3 is 0 Å². The maximum atomic E-state index is 10.8. The molecule has 0 amide bonds. The van der Waals surface area contributed by atoms with Crippen molar-refractivity contribution < 1.29 is 4.79 Å². The molecule has 11 heavy (non-hydrogen) atoms. The van der Waals surface area contributed by atoms with Crippen LogP contribution in [0.25, 0.3) is 0 Å². The molecule has 0 fully saturated rings. The van der Waals surface area contributed by atoms with Crippen molar-refractivity contribution in [2.24, 2.45) is 0 Å². The first kappa shape index (κ1) is 7.56. The molecule has 1 nitrogen and oxygen atoms in total. The topological polar surface area (TPSA) is 17.1 Å². The molecule has 53 valence electrons. The third-order valence-electron chi connectivity index (χ3n) is 1.41. The Kier molecular flexibility index (Phi) is 2.08. The molecular formula is C10H7O. The summed E-state index contributed by atoms with van der Waals surface area (Å²) in [6.07, 6.45) is 6.82. The largest absolute Gasteiger partial charge is 0.295 e. The van der Waals surface area contributed by atoms with E-state index in [4.69, 9.17) is 6.42 Å². The molecule has 0 aliphatic carbocycles. The zero-order chi connectivity index (χ0) is 8.27. The molecule has 0 aliphatic heterocycles. The minimum atomic E-state index is 0.0158. The fourth-order valence-electron chi connectivity index (χ4n) is 0.816. The van der Waals surface area contributed by atoms with Crippen LogP contribution < -0.4 is 0 Å². The zero-order valence-electron chi connectivity index (χ0n) is 6.22. The molecule has 0 unspecified atom stereocenters. The Labute approximate surface area is 66.1 Å². The Morgan fingerprint density at radius 1 is 1.55 bits per heavy atom. The van der Waals surface area contributed by atoms with E-state index in [0.29, 0.717) is 11.1 Å². The van der Waals surface area contributed by atoms with Gasteiger partial charge in [-0.15, -0.1) is 0 Å². The number of carbonyl (C=O) groups excluding carboxylic acids is 1. The summed E-state index contributed by atoms with van der Waals surface area (Å²) in [5.41, 5.74) is 1.26. The summed E-state index contributed by atoms with van der Waals surface area (Å²) in [5.74, 6) is 2.24. The van der Waals surface area contributed by atoms with Crippen molar-refractivity contribution in [1.29, 1.82) is 0 Å². The Morgan fingerprint density at radius 2 is 2.27 bits per heavy atom. The number of benzene rings is 1. The lowest BCUT2D eigenvalue weighted by atomic mass is 10.1. The zero-order valence-corrected chi connectivity index (χ0v) is 6.22. The first-order chi connectivity index (χ1) is 5.24. The first-order valence-electron chi connectivity index (χ1n) is 3.28. The van der Waals surface area contributed by atoms with Crippen molar-refractivity contribution in [2.75, 3.05) is 0 Å². The molecule has 1 aromatic carbocycles. The SMILES string of the molecule is [C]#Cc1cccc(C(C)=O)c1. The van der Waals surface area contributed by atoms with Crippen LogP contribution in [0.5, 0.6) is 0 Å². The molecule has 0 saturated heterocycles. The molecule has 1 rings (SSSR count). The Bertz CT molecular complexity index is 318. The van der Waals surface area contributed by atoms with Crippen molar-refractivity contribution in [3.05, 3.63) is 41.8 Å². The number of rotatable bonds is 1. The van der Waals surface area contributed by atoms with E-state index in [9.17, 15) is 4.79 Å². The van der Waals surface area contributed by atoms with Gasteiger partial charge >= 0.3 is 0 Å². The molecule has 0 bridgehead atoms. The van der Waals surface area contributed by atoms with Gasteiger partial charge in [0.1, 0.15) is 0 Å². The molecular weight excluding hydrogens is 136 g/mol. The van der Waals surface area contributed by atoms with Gasteiger partial charge in [0.2, 0.25) is 0 Å². The van der Waals surface area contributed by atoms with Gasteiger partial charge in [-0.2, -0.15) is 0 Å². The molecule has 0 aliphatic rings. The van der Waals surface area contributed by atoms with Crippen molar-refractivity contribution in [1.82, 2.24) is 0 Å². The smallest absolute Gasteiger partial charge is 0.159 e. The minimum Gasteiger partial charge on any atom is -0.295 e. The highest BCUT2D eigenvalue weighted by Crippen LogP contribution is 2.03. The van der Waals surface area contributed by atoms with Gasteiger partial charge in [0, 0.05) is 11.1 Å². The maximum Gasteiger partial charge on any atom is 0.159 e. The summed E-state index contributed by atoms with van der Waals surface area (Å²) >= 11 is 0. The van der Waals surface area contributed by atoms with Crippen molar-refractivity contribution in [3.8, 4) is 5.92 Å². The number of ketones is 1. The molecule has 0 saturated carbocycles. The van der Waals surface area contributed by atoms with Gasteiger partial charge in [0.25, 0.3) is 0 Å². The van der Waals surface area contributed by atoms with Crippen molar-refractivity contribution >= 4 is 5.78 Å². The van der Waals surface area contributed by atoms with E-state index < -0.39 is 0 Å². The predicted octanol–water partition coefficient (Wildman–Crippen LogP) is 1.83. The number of hydrogen-bond acceptors (Lipinski definition) is 1. The Hall–Kier alpha value is -1.55. The molecule has 0 atom stereocenters. The second-order valence-electron chi connectivity index (χ2n) is 2.26.